The van der Waals surface area contributed by atoms with Crippen LogP contribution in [-0.2, 0) is 23.8 Å². The van der Waals surface area contributed by atoms with Crippen LogP contribution in [-0.4, -0.2) is 81.4 Å². The number of aliphatic carboxylic acids is 1. The second-order valence-electron chi connectivity index (χ2n) is 12.3. The first-order valence-corrected chi connectivity index (χ1v) is 16.2. The van der Waals surface area contributed by atoms with Gasteiger partial charge in [0, 0.05) is 6.42 Å². The average Bonchev–Trinajstić information content (AvgIpc) is 2.89. The summed E-state index contributed by atoms with van der Waals surface area (Å²) in [5.41, 5.74) is 0. The first kappa shape index (κ1) is 38.8. The molecule has 8 nitrogen and oxygen atoms in total. The molecule has 0 aromatic carbocycles. The van der Waals surface area contributed by atoms with Crippen molar-refractivity contribution in [2.75, 3.05) is 47.5 Å². The molecular weight excluding hydrogens is 510 g/mol. The molecule has 0 bridgehead atoms. The smallest absolute Gasteiger partial charge is 0.305 e. The molecule has 0 aromatic heterocycles. The van der Waals surface area contributed by atoms with Crippen molar-refractivity contribution >= 4 is 11.9 Å². The molecule has 0 aliphatic rings. The van der Waals surface area contributed by atoms with E-state index in [4.69, 9.17) is 14.2 Å². The summed E-state index contributed by atoms with van der Waals surface area (Å²) in [6, 6.07) is 0. The fourth-order valence-corrected chi connectivity index (χ4v) is 4.47. The summed E-state index contributed by atoms with van der Waals surface area (Å²) in [6.45, 7) is 2.47. The molecule has 238 valence electrons. The Morgan fingerprint density at radius 3 is 1.50 bits per heavy atom. The third kappa shape index (κ3) is 28.3. The summed E-state index contributed by atoms with van der Waals surface area (Å²) in [5.74, 6) is -1.86. The van der Waals surface area contributed by atoms with E-state index < -0.39 is 18.4 Å². The lowest BCUT2D eigenvalue weighted by atomic mass is 10.0. The molecular formula is C32H63NO7. The molecule has 0 saturated heterocycles. The monoisotopic (exact) mass is 573 g/mol. The van der Waals surface area contributed by atoms with Gasteiger partial charge in [-0.2, -0.15) is 0 Å². The molecule has 2 unspecified atom stereocenters. The lowest BCUT2D eigenvalue weighted by molar-refractivity contribution is -0.870. The number of carboxylic acid groups (broad SMARTS) is 1. The minimum absolute atomic E-state index is 0.173. The molecule has 1 N–H and O–H groups in total. The SMILES string of the molecule is CCCCCCCCCCCCCCCCCCCCCC(=O)OCC(O)COC(OCC[N+](C)(C)C)C(=O)[O-]. The Balaban J connectivity index is 3.51. The van der Waals surface area contributed by atoms with Gasteiger partial charge in [-0.05, 0) is 6.42 Å². The predicted octanol–water partition coefficient (Wildman–Crippen LogP) is 5.53. The fraction of sp³-hybridized carbons (Fsp3) is 0.938. The molecule has 0 aromatic rings. The van der Waals surface area contributed by atoms with Gasteiger partial charge in [-0.25, -0.2) is 0 Å². The van der Waals surface area contributed by atoms with Crippen LogP contribution >= 0.6 is 0 Å². The first-order valence-electron chi connectivity index (χ1n) is 16.2. The molecule has 0 saturated carbocycles. The summed E-state index contributed by atoms with van der Waals surface area (Å²) in [4.78, 5) is 23.1. The fourth-order valence-electron chi connectivity index (χ4n) is 4.47. The Kier molecular flexibility index (Phi) is 25.9. The van der Waals surface area contributed by atoms with E-state index in [0.717, 1.165) is 19.3 Å². The highest BCUT2D eigenvalue weighted by Gasteiger charge is 2.17. The average molecular weight is 574 g/mol. The second-order valence-corrected chi connectivity index (χ2v) is 12.3. The van der Waals surface area contributed by atoms with Crippen molar-refractivity contribution in [2.24, 2.45) is 0 Å². The van der Waals surface area contributed by atoms with E-state index in [0.29, 0.717) is 17.4 Å². The Bertz CT molecular complexity index is 594. The van der Waals surface area contributed by atoms with Gasteiger partial charge in [0.1, 0.15) is 19.3 Å². The molecule has 0 aliphatic carbocycles. The summed E-state index contributed by atoms with van der Waals surface area (Å²) < 4.78 is 16.0. The number of nitrogens with zero attached hydrogens (tertiary/aromatic N) is 1. The van der Waals surface area contributed by atoms with Crippen molar-refractivity contribution in [3.05, 3.63) is 0 Å². The van der Waals surface area contributed by atoms with Crippen LogP contribution in [0.3, 0.4) is 0 Å². The van der Waals surface area contributed by atoms with Crippen molar-refractivity contribution in [3.8, 4) is 0 Å². The molecule has 0 amide bonds. The van der Waals surface area contributed by atoms with Crippen molar-refractivity contribution in [1.82, 2.24) is 0 Å². The number of carbonyl (C=O) groups is 2. The molecule has 8 heteroatoms. The molecule has 0 aliphatic heterocycles. The lowest BCUT2D eigenvalue weighted by Crippen LogP contribution is -2.44. The summed E-state index contributed by atoms with van der Waals surface area (Å²) in [5, 5.41) is 21.1. The summed E-state index contributed by atoms with van der Waals surface area (Å²) in [6.07, 6.45) is 22.4. The lowest BCUT2D eigenvalue weighted by Gasteiger charge is -2.26. The molecule has 40 heavy (non-hydrogen) atoms. The quantitative estimate of drug-likeness (QED) is 0.0521. The van der Waals surface area contributed by atoms with Crippen LogP contribution in [0.1, 0.15) is 135 Å². The zero-order valence-corrected chi connectivity index (χ0v) is 26.5. The number of rotatable bonds is 30. The number of aliphatic hydroxyl groups excluding tert-OH is 1. The van der Waals surface area contributed by atoms with Gasteiger partial charge in [0.05, 0.1) is 40.3 Å². The minimum atomic E-state index is -1.57. The molecule has 0 heterocycles. The number of aliphatic hydroxyl groups is 1. The molecule has 0 rings (SSSR count). The van der Waals surface area contributed by atoms with Gasteiger partial charge in [0.25, 0.3) is 0 Å². The number of likely N-dealkylation sites (N-methyl/N-ethyl adjacent to an activating group) is 1. The second kappa shape index (κ2) is 26.7. The third-order valence-corrected chi connectivity index (χ3v) is 7.08. The van der Waals surface area contributed by atoms with E-state index in [1.807, 2.05) is 21.1 Å². The van der Waals surface area contributed by atoms with Crippen LogP contribution < -0.4 is 5.11 Å². The number of esters is 1. The zero-order valence-electron chi connectivity index (χ0n) is 26.5. The van der Waals surface area contributed by atoms with Crippen LogP contribution in [0, 0.1) is 0 Å². The van der Waals surface area contributed by atoms with E-state index in [1.165, 1.54) is 103 Å². The van der Waals surface area contributed by atoms with Crippen molar-refractivity contribution in [3.63, 3.8) is 0 Å². The van der Waals surface area contributed by atoms with E-state index in [2.05, 4.69) is 6.92 Å². The first-order chi connectivity index (χ1) is 19.2. The van der Waals surface area contributed by atoms with Crippen LogP contribution in [0.5, 0.6) is 0 Å². The number of ether oxygens (including phenoxy) is 3. The largest absolute Gasteiger partial charge is 0.545 e. The van der Waals surface area contributed by atoms with Gasteiger partial charge in [0.2, 0.25) is 0 Å². The Hall–Kier alpha value is -1.22. The summed E-state index contributed by atoms with van der Waals surface area (Å²) in [7, 11) is 5.87. The number of quaternary nitrogens is 1. The minimum Gasteiger partial charge on any atom is -0.545 e. The van der Waals surface area contributed by atoms with Crippen LogP contribution in [0.4, 0.5) is 0 Å². The standard InChI is InChI=1S/C32H63NO7/c1-5-6-7-8-9-10-11-12-13-14-15-16-17-18-19-20-21-22-23-24-30(35)39-27-29(34)28-40-32(31(36)37)38-26-25-33(2,3)4/h29,32,34H,5-28H2,1-4H3. The maximum absolute atomic E-state index is 11.9. The Morgan fingerprint density at radius 2 is 1.10 bits per heavy atom. The van der Waals surface area contributed by atoms with E-state index in [1.54, 1.807) is 0 Å². The zero-order chi connectivity index (χ0) is 29.9. The molecule has 0 fully saturated rings. The molecule has 0 spiro atoms. The maximum atomic E-state index is 11.9. The number of hydrogen-bond acceptors (Lipinski definition) is 7. The summed E-state index contributed by atoms with van der Waals surface area (Å²) >= 11 is 0. The number of hydrogen-bond donors (Lipinski definition) is 1. The Morgan fingerprint density at radius 1 is 0.675 bits per heavy atom. The van der Waals surface area contributed by atoms with Crippen molar-refractivity contribution < 1.29 is 38.5 Å². The van der Waals surface area contributed by atoms with E-state index >= 15 is 0 Å². The van der Waals surface area contributed by atoms with Crippen LogP contribution in [0.15, 0.2) is 0 Å². The van der Waals surface area contributed by atoms with Crippen LogP contribution in [0.25, 0.3) is 0 Å². The highest BCUT2D eigenvalue weighted by molar-refractivity contribution is 5.69. The van der Waals surface area contributed by atoms with Gasteiger partial charge < -0.3 is 33.7 Å². The number of carboxylic acids is 1. The van der Waals surface area contributed by atoms with Gasteiger partial charge in [-0.15, -0.1) is 0 Å². The van der Waals surface area contributed by atoms with Gasteiger partial charge >= 0.3 is 5.97 Å². The van der Waals surface area contributed by atoms with Crippen molar-refractivity contribution in [2.45, 2.75) is 148 Å². The predicted molar refractivity (Wildman–Crippen MR) is 159 cm³/mol. The van der Waals surface area contributed by atoms with Gasteiger partial charge in [-0.3, -0.25) is 4.79 Å². The van der Waals surface area contributed by atoms with Crippen molar-refractivity contribution in [1.29, 1.82) is 0 Å². The molecule has 2 atom stereocenters. The maximum Gasteiger partial charge on any atom is 0.305 e. The van der Waals surface area contributed by atoms with Gasteiger partial charge in [0.15, 0.2) is 6.29 Å². The highest BCUT2D eigenvalue weighted by atomic mass is 16.7. The van der Waals surface area contributed by atoms with Crippen LogP contribution in [0.2, 0.25) is 0 Å². The van der Waals surface area contributed by atoms with E-state index in [9.17, 15) is 19.8 Å². The number of carbonyl (C=O) groups excluding carboxylic acids is 2. The third-order valence-electron chi connectivity index (χ3n) is 7.08. The highest BCUT2D eigenvalue weighted by Crippen LogP contribution is 2.15. The Labute approximate surface area is 245 Å². The topological polar surface area (TPSA) is 105 Å². The number of unbranched alkanes of at least 4 members (excludes halogenated alkanes) is 18. The normalized spacial score (nSPS) is 13.3. The van der Waals surface area contributed by atoms with E-state index in [-0.39, 0.29) is 25.8 Å². The van der Waals surface area contributed by atoms with Gasteiger partial charge in [-0.1, -0.05) is 122 Å². The molecule has 0 radical (unpaired) electrons.